The lowest BCUT2D eigenvalue weighted by atomic mass is 9.69. The fourth-order valence-corrected chi connectivity index (χ4v) is 1.79. The fraction of sp³-hybridized carbons (Fsp3) is 0.250. The smallest absolute Gasteiger partial charge is 0.329 e. The topological polar surface area (TPSA) is 52.6 Å². The van der Waals surface area contributed by atoms with E-state index in [9.17, 15) is 9.59 Å². The third-order valence-corrected chi connectivity index (χ3v) is 3.22. The molecule has 7 heteroatoms. The van der Waals surface area contributed by atoms with Gasteiger partial charge in [0.25, 0.3) is 0 Å². The Balaban J connectivity index is 2.46. The summed E-state index contributed by atoms with van der Waals surface area (Å²) in [6.07, 6.45) is 2.63. The van der Waals surface area contributed by atoms with E-state index in [1.807, 2.05) is 36.3 Å². The van der Waals surface area contributed by atoms with Crippen LogP contribution in [0.2, 0.25) is 0 Å². The molecule has 1 aromatic carbocycles. The standard InChI is InChI=1S/C16H21B3O4/c1-4-15(21)22-12(2)19-23-16(3,17)14(20)10-11-18-13-8-6-5-7-9-13/h4-12,18-19H,1,17H2,2-3H3/b11-10+. The van der Waals surface area contributed by atoms with Gasteiger partial charge in [-0.3, -0.25) is 4.79 Å². The molecule has 2 atom stereocenters. The second-order valence-electron chi connectivity index (χ2n) is 5.73. The fourth-order valence-electron chi connectivity index (χ4n) is 1.79. The number of hydrogen-bond donors (Lipinski definition) is 0. The van der Waals surface area contributed by atoms with Crippen molar-refractivity contribution in [3.63, 3.8) is 0 Å². The molecule has 0 aromatic heterocycles. The largest absolute Gasteiger partial charge is 0.465 e. The van der Waals surface area contributed by atoms with Crippen molar-refractivity contribution >= 4 is 39.8 Å². The van der Waals surface area contributed by atoms with Crippen molar-refractivity contribution in [2.45, 2.75) is 25.4 Å². The van der Waals surface area contributed by atoms with Crippen LogP contribution in [-0.2, 0) is 19.0 Å². The number of ketones is 1. The molecule has 0 fully saturated rings. The Labute approximate surface area is 139 Å². The zero-order valence-corrected chi connectivity index (χ0v) is 14.0. The minimum atomic E-state index is -0.970. The van der Waals surface area contributed by atoms with E-state index < -0.39 is 17.5 Å². The highest BCUT2D eigenvalue weighted by molar-refractivity contribution is 6.59. The van der Waals surface area contributed by atoms with Gasteiger partial charge in [0, 0.05) is 6.08 Å². The molecule has 4 nitrogen and oxygen atoms in total. The first-order chi connectivity index (χ1) is 10.8. The van der Waals surface area contributed by atoms with E-state index in [4.69, 9.17) is 9.39 Å². The SMILES string of the molecule is BC(C)(OBC(C)OC(=O)C=C)C(=O)/C=C/Bc1ccccc1. The van der Waals surface area contributed by atoms with Gasteiger partial charge in [0.05, 0.1) is 5.50 Å². The molecule has 1 rings (SSSR count). The van der Waals surface area contributed by atoms with Crippen molar-refractivity contribution in [2.24, 2.45) is 0 Å². The number of rotatable bonds is 9. The first-order valence-electron chi connectivity index (χ1n) is 7.57. The average molecular weight is 310 g/mol. The molecule has 23 heavy (non-hydrogen) atoms. The van der Waals surface area contributed by atoms with Crippen molar-refractivity contribution < 1.29 is 19.0 Å². The van der Waals surface area contributed by atoms with E-state index in [0.717, 1.165) is 11.5 Å². The van der Waals surface area contributed by atoms with Gasteiger partial charge in [0.15, 0.2) is 20.9 Å². The maximum Gasteiger partial charge on any atom is 0.329 e. The number of carbonyl (C=O) groups is 2. The maximum absolute atomic E-state index is 12.2. The summed E-state index contributed by atoms with van der Waals surface area (Å²) in [6.45, 7) is 6.73. The van der Waals surface area contributed by atoms with Crippen LogP contribution in [0.4, 0.5) is 0 Å². The number of carbonyl (C=O) groups excluding carboxylic acids is 2. The molecule has 0 aliphatic heterocycles. The van der Waals surface area contributed by atoms with Gasteiger partial charge in [-0.15, -0.1) is 5.98 Å². The van der Waals surface area contributed by atoms with Gasteiger partial charge < -0.3 is 9.39 Å². The maximum atomic E-state index is 12.2. The summed E-state index contributed by atoms with van der Waals surface area (Å²) in [7, 11) is 2.53. The van der Waals surface area contributed by atoms with Crippen LogP contribution in [-0.4, -0.2) is 45.9 Å². The summed E-state index contributed by atoms with van der Waals surface area (Å²) in [4.78, 5) is 23.3. The van der Waals surface area contributed by atoms with Crippen molar-refractivity contribution in [2.75, 3.05) is 0 Å². The monoisotopic (exact) mass is 310 g/mol. The molecule has 0 N–H and O–H groups in total. The minimum Gasteiger partial charge on any atom is -0.465 e. The Hall–Kier alpha value is -2.01. The van der Waals surface area contributed by atoms with Gasteiger partial charge in [-0.05, 0) is 19.9 Å². The van der Waals surface area contributed by atoms with Gasteiger partial charge in [-0.2, -0.15) is 0 Å². The van der Waals surface area contributed by atoms with Crippen LogP contribution >= 0.6 is 0 Å². The third kappa shape index (κ3) is 7.20. The quantitative estimate of drug-likeness (QED) is 0.355. The highest BCUT2D eigenvalue weighted by Crippen LogP contribution is 2.08. The van der Waals surface area contributed by atoms with Gasteiger partial charge in [-0.25, -0.2) is 4.79 Å². The zero-order chi connectivity index (χ0) is 17.3. The van der Waals surface area contributed by atoms with E-state index in [1.165, 1.54) is 6.08 Å². The van der Waals surface area contributed by atoms with Crippen molar-refractivity contribution in [3.05, 3.63) is 55.0 Å². The molecular weight excluding hydrogens is 289 g/mol. The lowest BCUT2D eigenvalue weighted by Crippen LogP contribution is -2.42. The molecule has 0 bridgehead atoms. The molecule has 0 heterocycles. The second kappa shape index (κ2) is 9.21. The highest BCUT2D eigenvalue weighted by atomic mass is 16.6. The van der Waals surface area contributed by atoms with E-state index >= 15 is 0 Å². The average Bonchev–Trinajstić information content (AvgIpc) is 2.53. The molecule has 118 valence electrons. The molecule has 2 unspecified atom stereocenters. The van der Waals surface area contributed by atoms with Gasteiger partial charge in [0.2, 0.25) is 0 Å². The molecule has 0 aliphatic rings. The lowest BCUT2D eigenvalue weighted by Gasteiger charge is -2.24. The summed E-state index contributed by atoms with van der Waals surface area (Å²) in [5.74, 6) is 1.19. The Morgan fingerprint density at radius 2 is 2.00 bits per heavy atom. The van der Waals surface area contributed by atoms with Crippen LogP contribution in [0.3, 0.4) is 0 Å². The number of ether oxygens (including phenoxy) is 1. The summed E-state index contributed by atoms with van der Waals surface area (Å²) < 4.78 is 10.6. The Morgan fingerprint density at radius 1 is 1.35 bits per heavy atom. The zero-order valence-electron chi connectivity index (χ0n) is 14.0. The summed E-state index contributed by atoms with van der Waals surface area (Å²) in [5, 5.41) is 0. The molecule has 0 amide bonds. The molecular formula is C16H21B3O4. The first kappa shape index (κ1) is 19.0. The molecule has 0 radical (unpaired) electrons. The first-order valence-corrected chi connectivity index (χ1v) is 7.57. The molecule has 1 aromatic rings. The van der Waals surface area contributed by atoms with Crippen molar-refractivity contribution in [3.8, 4) is 0 Å². The highest BCUT2D eigenvalue weighted by Gasteiger charge is 2.27. The van der Waals surface area contributed by atoms with Gasteiger partial charge >= 0.3 is 13.5 Å². The van der Waals surface area contributed by atoms with Gasteiger partial charge in [0.1, 0.15) is 6.00 Å². The second-order valence-corrected chi connectivity index (χ2v) is 5.73. The number of esters is 1. The van der Waals surface area contributed by atoms with Crippen LogP contribution in [0.15, 0.2) is 55.0 Å². The summed E-state index contributed by atoms with van der Waals surface area (Å²) >= 11 is 0. The molecule has 0 saturated heterocycles. The van der Waals surface area contributed by atoms with E-state index in [2.05, 4.69) is 6.58 Å². The summed E-state index contributed by atoms with van der Waals surface area (Å²) in [5.41, 5.74) is 0.169. The van der Waals surface area contributed by atoms with E-state index in [-0.39, 0.29) is 13.3 Å². The molecule has 0 aliphatic carbocycles. The van der Waals surface area contributed by atoms with Crippen LogP contribution in [0.5, 0.6) is 0 Å². The van der Waals surface area contributed by atoms with E-state index in [1.54, 1.807) is 21.7 Å². The third-order valence-electron chi connectivity index (χ3n) is 3.22. The summed E-state index contributed by atoms with van der Waals surface area (Å²) in [6, 6.07) is 9.45. The lowest BCUT2D eigenvalue weighted by molar-refractivity contribution is -0.139. The molecule has 0 spiro atoms. The predicted octanol–water partition coefficient (Wildman–Crippen LogP) is -0.376. The molecule has 0 saturated carbocycles. The van der Waals surface area contributed by atoms with E-state index in [0.29, 0.717) is 7.28 Å². The Bertz CT molecular complexity index is 570. The Kier molecular flexibility index (Phi) is 7.62. The van der Waals surface area contributed by atoms with Crippen LogP contribution in [0.1, 0.15) is 13.8 Å². The van der Waals surface area contributed by atoms with Crippen molar-refractivity contribution in [1.82, 2.24) is 0 Å². The number of hydrogen-bond acceptors (Lipinski definition) is 4. The Morgan fingerprint density at radius 3 is 2.61 bits per heavy atom. The van der Waals surface area contributed by atoms with Crippen LogP contribution in [0.25, 0.3) is 0 Å². The van der Waals surface area contributed by atoms with Crippen LogP contribution < -0.4 is 5.46 Å². The van der Waals surface area contributed by atoms with Crippen LogP contribution in [0, 0.1) is 0 Å². The minimum absolute atomic E-state index is 0.129. The predicted molar refractivity (Wildman–Crippen MR) is 98.3 cm³/mol. The normalized spacial score (nSPS) is 14.5. The van der Waals surface area contributed by atoms with Crippen molar-refractivity contribution in [1.29, 1.82) is 0 Å². The van der Waals surface area contributed by atoms with Gasteiger partial charge in [-0.1, -0.05) is 42.4 Å². The number of benzene rings is 1.